The summed E-state index contributed by atoms with van der Waals surface area (Å²) in [5, 5.41) is 9.53. The third-order valence-corrected chi connectivity index (χ3v) is 3.86. The Hall–Kier alpha value is -1.49. The monoisotopic (exact) mass is 270 g/mol. The number of halogens is 2. The second kappa shape index (κ2) is 4.02. The third-order valence-electron chi connectivity index (χ3n) is 2.65. The minimum absolute atomic E-state index is 0.0713. The Morgan fingerprint density at radius 2 is 1.89 bits per heavy atom. The summed E-state index contributed by atoms with van der Waals surface area (Å²) in [5.41, 5.74) is -0.0138. The van der Waals surface area contributed by atoms with Crippen LogP contribution >= 0.6 is 11.3 Å². The van der Waals surface area contributed by atoms with Crippen LogP contribution in [0.2, 0.25) is 0 Å². The molecule has 2 nitrogen and oxygen atoms in total. The first-order valence-corrected chi connectivity index (χ1v) is 6.19. The predicted octanol–water partition coefficient (Wildman–Crippen LogP) is 4.18. The van der Waals surface area contributed by atoms with E-state index in [2.05, 4.69) is 0 Å². The van der Waals surface area contributed by atoms with Gasteiger partial charge in [0.25, 0.3) is 0 Å². The summed E-state index contributed by atoms with van der Waals surface area (Å²) in [6, 6.07) is 1.97. The van der Waals surface area contributed by atoms with E-state index in [0.717, 1.165) is 17.4 Å². The topological polar surface area (TPSA) is 37.3 Å². The Morgan fingerprint density at radius 1 is 1.28 bits per heavy atom. The summed E-state index contributed by atoms with van der Waals surface area (Å²) < 4.78 is 27.2. The van der Waals surface area contributed by atoms with Crippen molar-refractivity contribution >= 4 is 27.4 Å². The molecule has 0 aliphatic rings. The van der Waals surface area contributed by atoms with Crippen molar-refractivity contribution in [2.45, 2.75) is 26.2 Å². The summed E-state index contributed by atoms with van der Waals surface area (Å²) in [5.74, 6) is -2.52. The normalized spacial score (nSPS) is 12.1. The van der Waals surface area contributed by atoms with E-state index in [9.17, 15) is 18.7 Å². The van der Waals surface area contributed by atoms with Gasteiger partial charge in [-0.25, -0.2) is 13.6 Å². The van der Waals surface area contributed by atoms with Crippen molar-refractivity contribution in [1.29, 1.82) is 0 Å². The lowest BCUT2D eigenvalue weighted by molar-refractivity contribution is 0.0700. The molecular formula is C13H12F2O2S. The number of hydrogen-bond acceptors (Lipinski definition) is 2. The summed E-state index contributed by atoms with van der Waals surface area (Å²) >= 11 is 0.853. The lowest BCUT2D eigenvalue weighted by Crippen LogP contribution is -2.14. The number of carboxylic acids is 1. The summed E-state index contributed by atoms with van der Waals surface area (Å²) in [6.45, 7) is 5.47. The van der Waals surface area contributed by atoms with E-state index in [1.807, 2.05) is 20.8 Å². The van der Waals surface area contributed by atoms with Crippen LogP contribution in [0.15, 0.2) is 12.1 Å². The van der Waals surface area contributed by atoms with Crippen molar-refractivity contribution in [3.05, 3.63) is 34.2 Å². The van der Waals surface area contributed by atoms with E-state index in [1.54, 1.807) is 0 Å². The highest BCUT2D eigenvalue weighted by Crippen LogP contribution is 2.40. The number of carbonyl (C=O) groups is 1. The summed E-state index contributed by atoms with van der Waals surface area (Å²) in [7, 11) is 0. The second-order valence-corrected chi connectivity index (χ2v) is 6.15. The van der Waals surface area contributed by atoms with Crippen LogP contribution in [0.5, 0.6) is 0 Å². The molecule has 1 aromatic carbocycles. The van der Waals surface area contributed by atoms with E-state index >= 15 is 0 Å². The zero-order chi connectivity index (χ0) is 13.7. The van der Waals surface area contributed by atoms with Crippen LogP contribution in [0.25, 0.3) is 10.1 Å². The van der Waals surface area contributed by atoms with Gasteiger partial charge in [-0.05, 0) is 17.0 Å². The quantitative estimate of drug-likeness (QED) is 0.844. The van der Waals surface area contributed by atoms with Crippen LogP contribution in [0.1, 0.15) is 36.0 Å². The molecule has 1 N–H and O–H groups in total. The average molecular weight is 270 g/mol. The number of rotatable bonds is 1. The molecular weight excluding hydrogens is 258 g/mol. The number of carboxylic acid groups (broad SMARTS) is 1. The van der Waals surface area contributed by atoms with Gasteiger partial charge in [-0.2, -0.15) is 0 Å². The Kier molecular flexibility index (Phi) is 2.89. The van der Waals surface area contributed by atoms with Crippen LogP contribution in [0.4, 0.5) is 8.78 Å². The standard InChI is InChI=1S/C13H12F2O2S/c1-13(2,3)9-7-4-6(14)5-8(15)10(7)18-11(9)12(16)17/h4-5H,1-3H3,(H,16,17). The molecule has 0 atom stereocenters. The first kappa shape index (κ1) is 13.0. The van der Waals surface area contributed by atoms with E-state index < -0.39 is 23.0 Å². The number of thiophene rings is 1. The minimum Gasteiger partial charge on any atom is -0.477 e. The fourth-order valence-corrected chi connectivity index (χ4v) is 3.26. The number of benzene rings is 1. The Balaban J connectivity index is 2.95. The zero-order valence-corrected chi connectivity index (χ0v) is 11.0. The molecule has 2 rings (SSSR count). The lowest BCUT2D eigenvalue weighted by atomic mass is 9.85. The SMILES string of the molecule is CC(C)(C)c1c(C(=O)O)sc2c(F)cc(F)cc12. The molecule has 18 heavy (non-hydrogen) atoms. The maximum Gasteiger partial charge on any atom is 0.346 e. The molecule has 96 valence electrons. The van der Waals surface area contributed by atoms with E-state index in [0.29, 0.717) is 10.9 Å². The third kappa shape index (κ3) is 1.99. The van der Waals surface area contributed by atoms with Crippen LogP contribution in [0, 0.1) is 11.6 Å². The number of fused-ring (bicyclic) bond motifs is 1. The highest BCUT2D eigenvalue weighted by atomic mass is 32.1. The maximum absolute atomic E-state index is 13.7. The second-order valence-electron chi connectivity index (χ2n) is 5.13. The molecule has 0 aliphatic carbocycles. The fraction of sp³-hybridized carbons (Fsp3) is 0.308. The van der Waals surface area contributed by atoms with Gasteiger partial charge in [0.2, 0.25) is 0 Å². The largest absolute Gasteiger partial charge is 0.477 e. The molecule has 1 aromatic heterocycles. The first-order valence-electron chi connectivity index (χ1n) is 5.37. The van der Waals surface area contributed by atoms with Gasteiger partial charge in [0, 0.05) is 11.5 Å². The van der Waals surface area contributed by atoms with Gasteiger partial charge in [0.05, 0.1) is 4.70 Å². The highest BCUT2D eigenvalue weighted by Gasteiger charge is 2.28. The van der Waals surface area contributed by atoms with Crippen molar-refractivity contribution in [3.63, 3.8) is 0 Å². The molecule has 0 radical (unpaired) electrons. The van der Waals surface area contributed by atoms with Gasteiger partial charge in [-0.1, -0.05) is 20.8 Å². The predicted molar refractivity (Wildman–Crippen MR) is 67.4 cm³/mol. The minimum atomic E-state index is -1.11. The number of hydrogen-bond donors (Lipinski definition) is 1. The first-order chi connectivity index (χ1) is 8.21. The van der Waals surface area contributed by atoms with Crippen LogP contribution < -0.4 is 0 Å². The molecule has 0 saturated heterocycles. The molecule has 2 aromatic rings. The Labute approximate surface area is 107 Å². The van der Waals surface area contributed by atoms with E-state index in [4.69, 9.17) is 0 Å². The van der Waals surface area contributed by atoms with Gasteiger partial charge in [-0.15, -0.1) is 11.3 Å². The maximum atomic E-state index is 13.7. The summed E-state index contributed by atoms with van der Waals surface area (Å²) in [4.78, 5) is 11.3. The van der Waals surface area contributed by atoms with Gasteiger partial charge in [0.1, 0.15) is 16.5 Å². The molecule has 0 saturated carbocycles. The molecule has 0 spiro atoms. The molecule has 5 heteroatoms. The smallest absolute Gasteiger partial charge is 0.346 e. The Bertz CT molecular complexity index is 638. The van der Waals surface area contributed by atoms with E-state index in [1.165, 1.54) is 6.07 Å². The van der Waals surface area contributed by atoms with Gasteiger partial charge >= 0.3 is 5.97 Å². The van der Waals surface area contributed by atoms with Crippen molar-refractivity contribution in [2.24, 2.45) is 0 Å². The van der Waals surface area contributed by atoms with Gasteiger partial charge in [0.15, 0.2) is 0 Å². The van der Waals surface area contributed by atoms with Crippen molar-refractivity contribution < 1.29 is 18.7 Å². The zero-order valence-electron chi connectivity index (χ0n) is 10.2. The van der Waals surface area contributed by atoms with Crippen LogP contribution in [0.3, 0.4) is 0 Å². The Morgan fingerprint density at radius 3 is 2.39 bits per heavy atom. The lowest BCUT2D eigenvalue weighted by Gasteiger charge is -2.19. The van der Waals surface area contributed by atoms with E-state index in [-0.39, 0.29) is 9.58 Å². The highest BCUT2D eigenvalue weighted by molar-refractivity contribution is 7.21. The number of aromatic carboxylic acids is 1. The van der Waals surface area contributed by atoms with Gasteiger partial charge < -0.3 is 5.11 Å². The molecule has 0 bridgehead atoms. The van der Waals surface area contributed by atoms with Crippen molar-refractivity contribution in [3.8, 4) is 0 Å². The fourth-order valence-electron chi connectivity index (χ4n) is 2.02. The average Bonchev–Trinajstić information content (AvgIpc) is 2.56. The van der Waals surface area contributed by atoms with Gasteiger partial charge in [-0.3, -0.25) is 0 Å². The molecule has 0 unspecified atom stereocenters. The molecule has 0 fully saturated rings. The van der Waals surface area contributed by atoms with Crippen LogP contribution in [-0.4, -0.2) is 11.1 Å². The van der Waals surface area contributed by atoms with Crippen molar-refractivity contribution in [2.75, 3.05) is 0 Å². The van der Waals surface area contributed by atoms with Crippen molar-refractivity contribution in [1.82, 2.24) is 0 Å². The molecule has 1 heterocycles. The summed E-state index contributed by atoms with van der Waals surface area (Å²) in [6.07, 6.45) is 0. The molecule has 0 aliphatic heterocycles. The molecule has 0 amide bonds. The van der Waals surface area contributed by atoms with Crippen LogP contribution in [-0.2, 0) is 5.41 Å².